The Balaban J connectivity index is 2.22. The van der Waals surface area contributed by atoms with Crippen LogP contribution in [0.2, 0.25) is 0 Å². The highest BCUT2D eigenvalue weighted by Gasteiger charge is 2.04. The maximum Gasteiger partial charge on any atom is 0.373 e. The van der Waals surface area contributed by atoms with E-state index in [1.54, 1.807) is 0 Å². The van der Waals surface area contributed by atoms with Gasteiger partial charge in [-0.3, -0.25) is 0 Å². The summed E-state index contributed by atoms with van der Waals surface area (Å²) in [6.45, 7) is 2.00. The number of aromatic carboxylic acids is 1. The molecule has 0 radical (unpaired) electrons. The molecule has 0 unspecified atom stereocenters. The summed E-state index contributed by atoms with van der Waals surface area (Å²) in [5.74, 6) is 4.49. The highest BCUT2D eigenvalue weighted by atomic mass is 16.4. The Kier molecular flexibility index (Phi) is 3.35. The summed E-state index contributed by atoms with van der Waals surface area (Å²) < 4.78 is 0. The summed E-state index contributed by atoms with van der Waals surface area (Å²) >= 11 is 0. The van der Waals surface area contributed by atoms with E-state index in [1.165, 1.54) is 12.4 Å². The minimum Gasteiger partial charge on any atom is -0.475 e. The molecule has 18 heavy (non-hydrogen) atoms. The van der Waals surface area contributed by atoms with E-state index >= 15 is 0 Å². The van der Waals surface area contributed by atoms with E-state index in [2.05, 4.69) is 21.8 Å². The van der Waals surface area contributed by atoms with E-state index < -0.39 is 5.97 Å². The van der Waals surface area contributed by atoms with Gasteiger partial charge in [0.1, 0.15) is 0 Å². The summed E-state index contributed by atoms with van der Waals surface area (Å²) in [5, 5.41) is 8.65. The quantitative estimate of drug-likeness (QED) is 0.770. The molecule has 0 saturated carbocycles. The van der Waals surface area contributed by atoms with Gasteiger partial charge in [-0.05, 0) is 24.6 Å². The molecule has 1 heterocycles. The predicted molar refractivity (Wildman–Crippen MR) is 66.2 cm³/mol. The van der Waals surface area contributed by atoms with E-state index in [1.807, 2.05) is 31.2 Å². The Morgan fingerprint density at radius 3 is 2.44 bits per heavy atom. The van der Waals surface area contributed by atoms with Crippen molar-refractivity contribution in [2.75, 3.05) is 0 Å². The smallest absolute Gasteiger partial charge is 0.373 e. The summed E-state index contributed by atoms with van der Waals surface area (Å²) in [4.78, 5) is 18.0. The van der Waals surface area contributed by atoms with Crippen LogP contribution in [0.25, 0.3) is 0 Å². The highest BCUT2D eigenvalue weighted by Crippen LogP contribution is 2.02. The Morgan fingerprint density at radius 1 is 1.17 bits per heavy atom. The van der Waals surface area contributed by atoms with Crippen molar-refractivity contribution in [2.45, 2.75) is 6.92 Å². The number of hydrogen-bond acceptors (Lipinski definition) is 3. The van der Waals surface area contributed by atoms with Crippen molar-refractivity contribution < 1.29 is 9.90 Å². The summed E-state index contributed by atoms with van der Waals surface area (Å²) in [6.07, 6.45) is 2.80. The molecule has 0 saturated heterocycles. The molecule has 2 aromatic rings. The molecule has 0 aliphatic rings. The Hall–Kier alpha value is -2.67. The van der Waals surface area contributed by atoms with Gasteiger partial charge in [0.15, 0.2) is 0 Å². The van der Waals surface area contributed by atoms with Crippen molar-refractivity contribution in [3.05, 3.63) is 59.2 Å². The number of carbonyl (C=O) groups is 1. The molecular formula is C14H10N2O2. The number of aryl methyl sites for hydroxylation is 1. The van der Waals surface area contributed by atoms with Crippen molar-refractivity contribution in [1.29, 1.82) is 0 Å². The molecule has 2 rings (SSSR count). The van der Waals surface area contributed by atoms with Gasteiger partial charge in [0, 0.05) is 18.0 Å². The first kappa shape index (κ1) is 11.8. The van der Waals surface area contributed by atoms with Gasteiger partial charge >= 0.3 is 5.97 Å². The van der Waals surface area contributed by atoms with Crippen LogP contribution in [0.5, 0.6) is 0 Å². The largest absolute Gasteiger partial charge is 0.475 e. The standard InChI is InChI=1S/C14H10N2O2/c1-10-3-2-4-11(7-10)5-6-12-8-15-13(14(17)18)16-9-12/h2-4,7-9H,1H3,(H,17,18). The number of benzene rings is 1. The Bertz CT molecular complexity index is 637. The second kappa shape index (κ2) is 5.11. The molecule has 1 N–H and O–H groups in total. The average molecular weight is 238 g/mol. The zero-order valence-electron chi connectivity index (χ0n) is 9.71. The number of rotatable bonds is 1. The zero-order valence-corrected chi connectivity index (χ0v) is 9.71. The SMILES string of the molecule is Cc1cccc(C#Cc2cnc(C(=O)O)nc2)c1. The maximum absolute atomic E-state index is 10.6. The van der Waals surface area contributed by atoms with E-state index in [0.717, 1.165) is 11.1 Å². The normalized spacial score (nSPS) is 9.39. The van der Waals surface area contributed by atoms with Crippen LogP contribution in [0.3, 0.4) is 0 Å². The lowest BCUT2D eigenvalue weighted by Crippen LogP contribution is -2.03. The molecule has 0 aliphatic carbocycles. The van der Waals surface area contributed by atoms with E-state index in [-0.39, 0.29) is 5.82 Å². The van der Waals surface area contributed by atoms with Gasteiger partial charge < -0.3 is 5.11 Å². The van der Waals surface area contributed by atoms with Crippen LogP contribution < -0.4 is 0 Å². The average Bonchev–Trinajstić information content (AvgIpc) is 2.37. The number of nitrogens with zero attached hydrogens (tertiary/aromatic N) is 2. The van der Waals surface area contributed by atoms with Gasteiger partial charge in [-0.15, -0.1) is 0 Å². The van der Waals surface area contributed by atoms with Crippen LogP contribution in [-0.2, 0) is 0 Å². The Morgan fingerprint density at radius 2 is 1.83 bits per heavy atom. The van der Waals surface area contributed by atoms with Crippen molar-refractivity contribution >= 4 is 5.97 Å². The second-order valence-electron chi connectivity index (χ2n) is 3.72. The van der Waals surface area contributed by atoms with Crippen LogP contribution in [0.15, 0.2) is 36.7 Å². The molecule has 0 amide bonds. The molecule has 1 aromatic heterocycles. The number of carboxylic acids is 1. The van der Waals surface area contributed by atoms with Crippen molar-refractivity contribution in [3.8, 4) is 11.8 Å². The van der Waals surface area contributed by atoms with Gasteiger partial charge in [0.05, 0.1) is 5.56 Å². The molecule has 0 atom stereocenters. The maximum atomic E-state index is 10.6. The molecular weight excluding hydrogens is 228 g/mol. The van der Waals surface area contributed by atoms with Gasteiger partial charge in [0.2, 0.25) is 5.82 Å². The van der Waals surface area contributed by atoms with Crippen LogP contribution >= 0.6 is 0 Å². The van der Waals surface area contributed by atoms with E-state index in [9.17, 15) is 4.79 Å². The number of hydrogen-bond donors (Lipinski definition) is 1. The number of aromatic nitrogens is 2. The third kappa shape index (κ3) is 2.92. The van der Waals surface area contributed by atoms with Gasteiger partial charge in [0.25, 0.3) is 0 Å². The van der Waals surface area contributed by atoms with Gasteiger partial charge in [-0.2, -0.15) is 0 Å². The van der Waals surface area contributed by atoms with E-state index in [4.69, 9.17) is 5.11 Å². The third-order valence-electron chi connectivity index (χ3n) is 2.21. The topological polar surface area (TPSA) is 63.1 Å². The van der Waals surface area contributed by atoms with Crippen LogP contribution in [-0.4, -0.2) is 21.0 Å². The fraction of sp³-hybridized carbons (Fsp3) is 0.0714. The van der Waals surface area contributed by atoms with Crippen molar-refractivity contribution in [2.24, 2.45) is 0 Å². The molecule has 1 aromatic carbocycles. The second-order valence-corrected chi connectivity index (χ2v) is 3.72. The first-order chi connectivity index (χ1) is 8.65. The lowest BCUT2D eigenvalue weighted by atomic mass is 10.1. The van der Waals surface area contributed by atoms with E-state index in [0.29, 0.717) is 5.56 Å². The highest BCUT2D eigenvalue weighted by molar-refractivity contribution is 5.82. The van der Waals surface area contributed by atoms with Crippen LogP contribution in [0.1, 0.15) is 27.3 Å². The summed E-state index contributed by atoms with van der Waals surface area (Å²) in [6, 6.07) is 7.81. The zero-order chi connectivity index (χ0) is 13.0. The lowest BCUT2D eigenvalue weighted by Gasteiger charge is -1.93. The summed E-state index contributed by atoms with van der Waals surface area (Å²) in [7, 11) is 0. The number of carboxylic acid groups (broad SMARTS) is 1. The van der Waals surface area contributed by atoms with Crippen molar-refractivity contribution in [3.63, 3.8) is 0 Å². The van der Waals surface area contributed by atoms with Crippen LogP contribution in [0.4, 0.5) is 0 Å². The minimum absolute atomic E-state index is 0.226. The molecule has 0 fully saturated rings. The molecule has 0 bridgehead atoms. The molecule has 4 heteroatoms. The lowest BCUT2D eigenvalue weighted by molar-refractivity contribution is 0.0683. The van der Waals surface area contributed by atoms with Gasteiger partial charge in [-0.1, -0.05) is 24.0 Å². The fourth-order valence-electron chi connectivity index (χ4n) is 1.37. The minimum atomic E-state index is -1.15. The third-order valence-corrected chi connectivity index (χ3v) is 2.21. The monoisotopic (exact) mass is 238 g/mol. The first-order valence-electron chi connectivity index (χ1n) is 5.29. The van der Waals surface area contributed by atoms with Crippen LogP contribution in [0, 0.1) is 18.8 Å². The Labute approximate surface area is 104 Å². The summed E-state index contributed by atoms with van der Waals surface area (Å²) in [5.41, 5.74) is 2.62. The molecule has 0 aliphatic heterocycles. The first-order valence-corrected chi connectivity index (χ1v) is 5.29. The molecule has 88 valence electrons. The molecule has 4 nitrogen and oxygen atoms in total. The predicted octanol–water partition coefficient (Wildman–Crippen LogP) is 1.88. The molecule has 0 spiro atoms. The fourth-order valence-corrected chi connectivity index (χ4v) is 1.37. The van der Waals surface area contributed by atoms with Gasteiger partial charge in [-0.25, -0.2) is 14.8 Å². The van der Waals surface area contributed by atoms with Crippen molar-refractivity contribution in [1.82, 2.24) is 9.97 Å².